The lowest BCUT2D eigenvalue weighted by molar-refractivity contribution is 0.244. The summed E-state index contributed by atoms with van der Waals surface area (Å²) in [7, 11) is 0. The highest BCUT2D eigenvalue weighted by Crippen LogP contribution is 2.28. The van der Waals surface area contributed by atoms with E-state index in [1.54, 1.807) is 6.33 Å². The van der Waals surface area contributed by atoms with Gasteiger partial charge in [0, 0.05) is 11.6 Å². The Labute approximate surface area is 132 Å². The molecule has 0 spiro atoms. The Bertz CT molecular complexity index is 620. The van der Waals surface area contributed by atoms with E-state index in [9.17, 15) is 0 Å². The molecule has 118 valence electrons. The van der Waals surface area contributed by atoms with Gasteiger partial charge in [-0.2, -0.15) is 0 Å². The number of benzene rings is 1. The first kappa shape index (κ1) is 16.1. The van der Waals surface area contributed by atoms with E-state index in [0.717, 1.165) is 23.1 Å². The minimum Gasteiger partial charge on any atom is -0.489 e. The highest BCUT2D eigenvalue weighted by Gasteiger charge is 2.11. The van der Waals surface area contributed by atoms with Gasteiger partial charge in [0.2, 0.25) is 0 Å². The van der Waals surface area contributed by atoms with Crippen LogP contribution in [0.5, 0.6) is 5.75 Å². The molecule has 2 aromatic rings. The molecule has 0 aliphatic carbocycles. The number of hydrogen-bond donors (Lipinski definition) is 2. The number of anilines is 3. The van der Waals surface area contributed by atoms with Crippen LogP contribution in [0.1, 0.15) is 34.6 Å². The second-order valence-electron chi connectivity index (χ2n) is 6.45. The molecule has 1 aromatic heterocycles. The van der Waals surface area contributed by atoms with Crippen LogP contribution in [0.25, 0.3) is 0 Å². The van der Waals surface area contributed by atoms with Crippen molar-refractivity contribution in [3.8, 4) is 5.75 Å². The van der Waals surface area contributed by atoms with Gasteiger partial charge in [-0.15, -0.1) is 0 Å². The molecule has 0 aliphatic heterocycles. The third kappa shape index (κ3) is 4.91. The van der Waals surface area contributed by atoms with Crippen molar-refractivity contribution in [3.63, 3.8) is 0 Å². The van der Waals surface area contributed by atoms with Crippen LogP contribution in [0.2, 0.25) is 0 Å². The first-order valence-electron chi connectivity index (χ1n) is 7.46. The van der Waals surface area contributed by atoms with Crippen molar-refractivity contribution >= 4 is 17.3 Å². The summed E-state index contributed by atoms with van der Waals surface area (Å²) in [6, 6.07) is 9.71. The summed E-state index contributed by atoms with van der Waals surface area (Å²) < 4.78 is 5.81. The molecular formula is C17H24N4O. The lowest BCUT2D eigenvalue weighted by Crippen LogP contribution is -2.26. The summed E-state index contributed by atoms with van der Waals surface area (Å²) >= 11 is 0. The van der Waals surface area contributed by atoms with Crippen LogP contribution in [0, 0.1) is 0 Å². The van der Waals surface area contributed by atoms with Gasteiger partial charge in [-0.25, -0.2) is 9.97 Å². The van der Waals surface area contributed by atoms with E-state index < -0.39 is 0 Å². The SMILES string of the molecule is CC(C)Oc1ccccc1Nc1cc(NC(C)(C)C)ncn1. The molecule has 0 amide bonds. The van der Waals surface area contributed by atoms with E-state index in [1.807, 2.05) is 44.2 Å². The van der Waals surface area contributed by atoms with Crippen LogP contribution >= 0.6 is 0 Å². The molecule has 0 bridgehead atoms. The average Bonchev–Trinajstić information content (AvgIpc) is 2.39. The third-order valence-electron chi connectivity index (χ3n) is 2.68. The van der Waals surface area contributed by atoms with E-state index in [4.69, 9.17) is 4.74 Å². The second kappa shape index (κ2) is 6.64. The maximum Gasteiger partial charge on any atom is 0.143 e. The van der Waals surface area contributed by atoms with Gasteiger partial charge in [0.1, 0.15) is 23.7 Å². The first-order chi connectivity index (χ1) is 10.3. The molecule has 5 nitrogen and oxygen atoms in total. The number of ether oxygens (including phenoxy) is 1. The van der Waals surface area contributed by atoms with Gasteiger partial charge in [0.25, 0.3) is 0 Å². The van der Waals surface area contributed by atoms with E-state index in [0.29, 0.717) is 0 Å². The van der Waals surface area contributed by atoms with Gasteiger partial charge in [0.05, 0.1) is 11.8 Å². The fraction of sp³-hybridized carbons (Fsp3) is 0.412. The molecule has 5 heteroatoms. The number of rotatable bonds is 5. The maximum atomic E-state index is 5.81. The summed E-state index contributed by atoms with van der Waals surface area (Å²) in [4.78, 5) is 8.51. The van der Waals surface area contributed by atoms with Gasteiger partial charge in [0.15, 0.2) is 0 Å². The lowest BCUT2D eigenvalue weighted by atomic mass is 10.1. The van der Waals surface area contributed by atoms with Crippen molar-refractivity contribution in [2.24, 2.45) is 0 Å². The third-order valence-corrected chi connectivity index (χ3v) is 2.68. The molecule has 0 saturated heterocycles. The Balaban J connectivity index is 2.19. The predicted molar refractivity (Wildman–Crippen MR) is 90.9 cm³/mol. The topological polar surface area (TPSA) is 59.1 Å². The van der Waals surface area contributed by atoms with E-state index in [-0.39, 0.29) is 11.6 Å². The Morgan fingerprint density at radius 3 is 2.41 bits per heavy atom. The van der Waals surface area contributed by atoms with Crippen LogP contribution in [-0.2, 0) is 0 Å². The van der Waals surface area contributed by atoms with Gasteiger partial charge >= 0.3 is 0 Å². The average molecular weight is 300 g/mol. The van der Waals surface area contributed by atoms with Gasteiger partial charge in [-0.05, 0) is 46.8 Å². The summed E-state index contributed by atoms with van der Waals surface area (Å²) in [5.74, 6) is 2.32. The molecule has 2 rings (SSSR count). The fourth-order valence-electron chi connectivity index (χ4n) is 1.94. The second-order valence-corrected chi connectivity index (χ2v) is 6.45. The number of nitrogens with one attached hydrogen (secondary N) is 2. The zero-order valence-electron chi connectivity index (χ0n) is 13.8. The van der Waals surface area contributed by atoms with Crippen LogP contribution in [0.4, 0.5) is 17.3 Å². The molecule has 22 heavy (non-hydrogen) atoms. The molecule has 0 saturated carbocycles. The van der Waals surface area contributed by atoms with Crippen molar-refractivity contribution in [2.45, 2.75) is 46.3 Å². The first-order valence-corrected chi connectivity index (χ1v) is 7.46. The normalized spacial score (nSPS) is 11.4. The van der Waals surface area contributed by atoms with Crippen LogP contribution in [-0.4, -0.2) is 21.6 Å². The van der Waals surface area contributed by atoms with Crippen molar-refractivity contribution in [2.75, 3.05) is 10.6 Å². The molecule has 0 radical (unpaired) electrons. The maximum absolute atomic E-state index is 5.81. The molecular weight excluding hydrogens is 276 g/mol. The van der Waals surface area contributed by atoms with E-state index in [1.165, 1.54) is 0 Å². The molecule has 0 unspecified atom stereocenters. The number of nitrogens with zero attached hydrogens (tertiary/aromatic N) is 2. The lowest BCUT2D eigenvalue weighted by Gasteiger charge is -2.21. The van der Waals surface area contributed by atoms with E-state index in [2.05, 4.69) is 41.4 Å². The standard InChI is InChI=1S/C17H24N4O/c1-12(2)22-14-9-7-6-8-13(14)20-15-10-16(19-11-18-15)21-17(3,4)5/h6-12H,1-5H3,(H2,18,19,20,21). The quantitative estimate of drug-likeness (QED) is 0.866. The Morgan fingerprint density at radius 2 is 1.73 bits per heavy atom. The summed E-state index contributed by atoms with van der Waals surface area (Å²) in [6.07, 6.45) is 1.66. The van der Waals surface area contributed by atoms with E-state index >= 15 is 0 Å². The van der Waals surface area contributed by atoms with Crippen LogP contribution in [0.3, 0.4) is 0 Å². The summed E-state index contributed by atoms with van der Waals surface area (Å²) in [6.45, 7) is 10.3. The zero-order chi connectivity index (χ0) is 16.2. The van der Waals surface area contributed by atoms with Crippen molar-refractivity contribution in [1.82, 2.24) is 9.97 Å². The van der Waals surface area contributed by atoms with Crippen LogP contribution < -0.4 is 15.4 Å². The highest BCUT2D eigenvalue weighted by molar-refractivity contribution is 5.65. The molecule has 0 fully saturated rings. The molecule has 1 aromatic carbocycles. The number of aromatic nitrogens is 2. The largest absolute Gasteiger partial charge is 0.489 e. The smallest absolute Gasteiger partial charge is 0.143 e. The minimum atomic E-state index is -0.0513. The molecule has 0 atom stereocenters. The zero-order valence-corrected chi connectivity index (χ0v) is 13.8. The van der Waals surface area contributed by atoms with Crippen LogP contribution in [0.15, 0.2) is 36.7 Å². The Morgan fingerprint density at radius 1 is 1.05 bits per heavy atom. The van der Waals surface area contributed by atoms with Crippen molar-refractivity contribution < 1.29 is 4.74 Å². The molecule has 1 heterocycles. The van der Waals surface area contributed by atoms with Gasteiger partial charge in [-0.3, -0.25) is 0 Å². The Kier molecular flexibility index (Phi) is 4.85. The molecule has 0 aliphatic rings. The van der Waals surface area contributed by atoms with Crippen molar-refractivity contribution in [3.05, 3.63) is 36.7 Å². The van der Waals surface area contributed by atoms with Gasteiger partial charge < -0.3 is 15.4 Å². The minimum absolute atomic E-state index is 0.0513. The van der Waals surface area contributed by atoms with Crippen molar-refractivity contribution in [1.29, 1.82) is 0 Å². The van der Waals surface area contributed by atoms with Gasteiger partial charge in [-0.1, -0.05) is 12.1 Å². The summed E-state index contributed by atoms with van der Waals surface area (Å²) in [5, 5.41) is 6.62. The molecule has 2 N–H and O–H groups in total. The summed E-state index contributed by atoms with van der Waals surface area (Å²) in [5.41, 5.74) is 0.834. The fourth-order valence-corrected chi connectivity index (χ4v) is 1.94. The monoisotopic (exact) mass is 300 g/mol. The predicted octanol–water partition coefficient (Wildman–Crippen LogP) is 4.22. The highest BCUT2D eigenvalue weighted by atomic mass is 16.5. The number of para-hydroxylation sites is 2. The Hall–Kier alpha value is -2.30. The number of hydrogen-bond acceptors (Lipinski definition) is 5.